The number of benzene rings is 2. The summed E-state index contributed by atoms with van der Waals surface area (Å²) in [5.74, 6) is 0.278. The lowest BCUT2D eigenvalue weighted by Crippen LogP contribution is -2.41. The molecule has 2 aromatic rings. The Morgan fingerprint density at radius 2 is 1.96 bits per heavy atom. The molecule has 24 heavy (non-hydrogen) atoms. The van der Waals surface area contributed by atoms with Gasteiger partial charge in [0.25, 0.3) is 0 Å². The van der Waals surface area contributed by atoms with Gasteiger partial charge in [0.2, 0.25) is 10.0 Å². The number of hydrogen-bond acceptors (Lipinski definition) is 4. The van der Waals surface area contributed by atoms with Crippen LogP contribution >= 0.6 is 11.6 Å². The van der Waals surface area contributed by atoms with Gasteiger partial charge in [-0.1, -0.05) is 23.7 Å². The number of ether oxygens (including phenoxy) is 2. The first-order valence-corrected chi connectivity index (χ1v) is 8.99. The Hall–Kier alpha value is -1.83. The number of nitrogens with zero attached hydrogens (tertiary/aromatic N) is 1. The monoisotopic (exact) mass is 371 g/mol. The molecule has 0 aromatic heterocycles. The summed E-state index contributed by atoms with van der Waals surface area (Å²) in [6.07, 6.45) is -0.491. The number of halogens is 2. The zero-order valence-electron chi connectivity index (χ0n) is 12.8. The zero-order chi connectivity index (χ0) is 17.3. The number of hydrogen-bond donors (Lipinski definition) is 0. The summed E-state index contributed by atoms with van der Waals surface area (Å²) in [6.45, 7) is 0.235. The highest BCUT2D eigenvalue weighted by Crippen LogP contribution is 2.31. The van der Waals surface area contributed by atoms with Gasteiger partial charge in [0.15, 0.2) is 11.5 Å². The number of likely N-dealkylation sites (N-methyl/N-ethyl adjacent to an activating group) is 1. The van der Waals surface area contributed by atoms with E-state index in [1.807, 2.05) is 6.07 Å². The molecule has 0 radical (unpaired) electrons. The summed E-state index contributed by atoms with van der Waals surface area (Å²) in [6, 6.07) is 10.6. The summed E-state index contributed by atoms with van der Waals surface area (Å²) in [7, 11) is -2.63. The summed E-state index contributed by atoms with van der Waals surface area (Å²) in [4.78, 5) is -0.425. The Labute approximate surface area is 144 Å². The molecule has 0 bridgehead atoms. The first-order valence-electron chi connectivity index (χ1n) is 7.18. The average Bonchev–Trinajstić information content (AvgIpc) is 2.54. The number of para-hydroxylation sites is 2. The normalized spacial score (nSPS) is 17.1. The van der Waals surface area contributed by atoms with E-state index in [1.165, 1.54) is 13.1 Å². The average molecular weight is 372 g/mol. The van der Waals surface area contributed by atoms with E-state index in [1.54, 1.807) is 18.2 Å². The molecule has 1 heterocycles. The maximum atomic E-state index is 13.9. The summed E-state index contributed by atoms with van der Waals surface area (Å²) < 4.78 is 51.3. The first kappa shape index (κ1) is 17.0. The predicted molar refractivity (Wildman–Crippen MR) is 87.6 cm³/mol. The standard InChI is InChI=1S/C16H15ClFNO4S/c1-19(24(20,21)16-7-6-11(17)8-13(16)18)9-12-10-22-14-4-2-3-5-15(14)23-12/h2-8,12H,9-10H2,1H3. The fourth-order valence-corrected chi connectivity index (χ4v) is 3.79. The van der Waals surface area contributed by atoms with Crippen LogP contribution in [0.5, 0.6) is 11.5 Å². The van der Waals surface area contributed by atoms with Gasteiger partial charge in [-0.15, -0.1) is 0 Å². The molecule has 8 heteroatoms. The molecule has 1 atom stereocenters. The topological polar surface area (TPSA) is 55.8 Å². The lowest BCUT2D eigenvalue weighted by atomic mass is 10.2. The van der Waals surface area contributed by atoms with Crippen LogP contribution in [0.4, 0.5) is 4.39 Å². The Kier molecular flexibility index (Phi) is 4.67. The number of rotatable bonds is 4. The highest BCUT2D eigenvalue weighted by atomic mass is 35.5. The molecule has 0 saturated heterocycles. The van der Waals surface area contributed by atoms with Gasteiger partial charge in [0, 0.05) is 12.1 Å². The fraction of sp³-hybridized carbons (Fsp3) is 0.250. The molecule has 5 nitrogen and oxygen atoms in total. The molecule has 1 aliphatic heterocycles. The van der Waals surface area contributed by atoms with Crippen molar-refractivity contribution in [3.8, 4) is 11.5 Å². The lowest BCUT2D eigenvalue weighted by Gasteiger charge is -2.29. The minimum atomic E-state index is -4.00. The smallest absolute Gasteiger partial charge is 0.245 e. The van der Waals surface area contributed by atoms with Crippen LogP contribution in [0.2, 0.25) is 5.02 Å². The number of sulfonamides is 1. The highest BCUT2D eigenvalue weighted by molar-refractivity contribution is 7.89. The van der Waals surface area contributed by atoms with Crippen molar-refractivity contribution in [2.24, 2.45) is 0 Å². The molecule has 1 aliphatic rings. The largest absolute Gasteiger partial charge is 0.486 e. The molecule has 128 valence electrons. The summed E-state index contributed by atoms with van der Waals surface area (Å²) >= 11 is 5.67. The third kappa shape index (κ3) is 3.33. The Morgan fingerprint density at radius 3 is 2.67 bits per heavy atom. The molecular weight excluding hydrogens is 357 g/mol. The van der Waals surface area contributed by atoms with Crippen molar-refractivity contribution >= 4 is 21.6 Å². The fourth-order valence-electron chi connectivity index (χ4n) is 2.39. The van der Waals surface area contributed by atoms with E-state index in [0.29, 0.717) is 11.5 Å². The van der Waals surface area contributed by atoms with Crippen LogP contribution in [0.1, 0.15) is 0 Å². The zero-order valence-corrected chi connectivity index (χ0v) is 14.3. The summed E-state index contributed by atoms with van der Waals surface area (Å²) in [5.41, 5.74) is 0. The minimum absolute atomic E-state index is 0.0265. The van der Waals surface area contributed by atoms with Crippen LogP contribution in [0, 0.1) is 5.82 Å². The van der Waals surface area contributed by atoms with E-state index < -0.39 is 26.8 Å². The van der Waals surface area contributed by atoms with Crippen molar-refractivity contribution < 1.29 is 22.3 Å². The molecule has 1 unspecified atom stereocenters. The molecular formula is C16H15ClFNO4S. The van der Waals surface area contributed by atoms with Crippen LogP contribution in [0.3, 0.4) is 0 Å². The maximum absolute atomic E-state index is 13.9. The van der Waals surface area contributed by atoms with E-state index in [0.717, 1.165) is 16.4 Å². The molecule has 2 aromatic carbocycles. The quantitative estimate of drug-likeness (QED) is 0.829. The second kappa shape index (κ2) is 6.58. The van der Waals surface area contributed by atoms with Crippen molar-refractivity contribution in [2.75, 3.05) is 20.2 Å². The summed E-state index contributed by atoms with van der Waals surface area (Å²) in [5, 5.41) is 0.134. The Bertz CT molecular complexity index is 859. The van der Waals surface area contributed by atoms with E-state index in [-0.39, 0.29) is 18.2 Å². The van der Waals surface area contributed by atoms with Crippen LogP contribution in [-0.4, -0.2) is 39.0 Å². The van der Waals surface area contributed by atoms with Gasteiger partial charge in [-0.25, -0.2) is 12.8 Å². The van der Waals surface area contributed by atoms with Crippen LogP contribution in [0.25, 0.3) is 0 Å². The first-order chi connectivity index (χ1) is 11.4. The van der Waals surface area contributed by atoms with E-state index in [2.05, 4.69) is 0 Å². The predicted octanol–water partition coefficient (Wildman–Crippen LogP) is 2.94. The molecule has 0 spiro atoms. The third-order valence-electron chi connectivity index (χ3n) is 3.61. The van der Waals surface area contributed by atoms with Crippen LogP contribution in [-0.2, 0) is 10.0 Å². The molecule has 0 fully saturated rings. The Morgan fingerprint density at radius 1 is 1.25 bits per heavy atom. The van der Waals surface area contributed by atoms with Gasteiger partial charge < -0.3 is 9.47 Å². The van der Waals surface area contributed by atoms with Crippen molar-refractivity contribution in [3.05, 3.63) is 53.3 Å². The van der Waals surface area contributed by atoms with Crippen LogP contribution in [0.15, 0.2) is 47.4 Å². The Balaban J connectivity index is 1.76. The minimum Gasteiger partial charge on any atom is -0.486 e. The van der Waals surface area contributed by atoms with Crippen molar-refractivity contribution in [3.63, 3.8) is 0 Å². The van der Waals surface area contributed by atoms with Crippen LogP contribution < -0.4 is 9.47 Å². The molecule has 0 N–H and O–H groups in total. The second-order valence-electron chi connectivity index (χ2n) is 5.36. The number of fused-ring (bicyclic) bond motifs is 1. The van der Waals surface area contributed by atoms with Gasteiger partial charge in [0.05, 0.1) is 6.54 Å². The van der Waals surface area contributed by atoms with Gasteiger partial charge in [0.1, 0.15) is 23.4 Å². The van der Waals surface area contributed by atoms with Gasteiger partial charge in [-0.2, -0.15) is 4.31 Å². The lowest BCUT2D eigenvalue weighted by molar-refractivity contribution is 0.0798. The van der Waals surface area contributed by atoms with E-state index in [4.69, 9.17) is 21.1 Å². The molecule has 0 saturated carbocycles. The maximum Gasteiger partial charge on any atom is 0.245 e. The van der Waals surface area contributed by atoms with E-state index >= 15 is 0 Å². The van der Waals surface area contributed by atoms with Gasteiger partial charge in [-0.05, 0) is 30.3 Å². The highest BCUT2D eigenvalue weighted by Gasteiger charge is 2.29. The molecule has 0 aliphatic carbocycles. The molecule has 0 amide bonds. The van der Waals surface area contributed by atoms with Crippen molar-refractivity contribution in [1.29, 1.82) is 0 Å². The van der Waals surface area contributed by atoms with E-state index in [9.17, 15) is 12.8 Å². The van der Waals surface area contributed by atoms with Crippen molar-refractivity contribution in [2.45, 2.75) is 11.0 Å². The van der Waals surface area contributed by atoms with Gasteiger partial charge in [-0.3, -0.25) is 0 Å². The van der Waals surface area contributed by atoms with Crippen molar-refractivity contribution in [1.82, 2.24) is 4.31 Å². The third-order valence-corrected chi connectivity index (χ3v) is 5.70. The SMILES string of the molecule is CN(CC1COc2ccccc2O1)S(=O)(=O)c1ccc(Cl)cc1F. The molecule has 3 rings (SSSR count). The van der Waals surface area contributed by atoms with Gasteiger partial charge >= 0.3 is 0 Å². The second-order valence-corrected chi connectivity index (χ2v) is 7.81.